The number of para-hydroxylation sites is 1. The summed E-state index contributed by atoms with van der Waals surface area (Å²) in [5.41, 5.74) is 2.07. The summed E-state index contributed by atoms with van der Waals surface area (Å²) in [4.78, 5) is 0. The van der Waals surface area contributed by atoms with Gasteiger partial charge in [-0.1, -0.05) is 23.4 Å². The lowest BCUT2D eigenvalue weighted by molar-refractivity contribution is 0.407. The second kappa shape index (κ2) is 5.45. The zero-order chi connectivity index (χ0) is 12.1. The fraction of sp³-hybridized carbons (Fsp3) is 0.333. The molecule has 5 nitrogen and oxygen atoms in total. The maximum atomic E-state index is 5.28. The Hall–Kier alpha value is -1.88. The molecule has 90 valence electrons. The minimum Gasteiger partial charge on any atom is -0.496 e. The maximum absolute atomic E-state index is 5.28. The molecule has 0 unspecified atom stereocenters. The molecule has 0 spiro atoms. The second-order valence-electron chi connectivity index (χ2n) is 3.80. The molecule has 0 radical (unpaired) electrons. The van der Waals surface area contributed by atoms with Crippen LogP contribution in [0.5, 0.6) is 5.75 Å². The molecule has 0 bridgehead atoms. The summed E-state index contributed by atoms with van der Waals surface area (Å²) in [5, 5.41) is 11.2. The molecule has 0 saturated heterocycles. The average molecular weight is 232 g/mol. The Kier molecular flexibility index (Phi) is 3.72. The molecule has 0 aliphatic heterocycles. The smallest absolute Gasteiger partial charge is 0.123 e. The van der Waals surface area contributed by atoms with Crippen molar-refractivity contribution >= 4 is 0 Å². The predicted molar refractivity (Wildman–Crippen MR) is 64.5 cm³/mol. The normalized spacial score (nSPS) is 10.5. The van der Waals surface area contributed by atoms with E-state index in [-0.39, 0.29) is 0 Å². The highest BCUT2D eigenvalue weighted by molar-refractivity contribution is 5.32. The minimum atomic E-state index is 0.700. The van der Waals surface area contributed by atoms with Crippen LogP contribution < -0.4 is 10.1 Å². The number of aryl methyl sites for hydroxylation is 1. The van der Waals surface area contributed by atoms with E-state index >= 15 is 0 Å². The van der Waals surface area contributed by atoms with Crippen LogP contribution in [0.15, 0.2) is 30.5 Å². The first-order valence-electron chi connectivity index (χ1n) is 5.47. The molecule has 1 aromatic carbocycles. The number of benzene rings is 1. The summed E-state index contributed by atoms with van der Waals surface area (Å²) in [7, 11) is 3.54. The topological polar surface area (TPSA) is 52.0 Å². The van der Waals surface area contributed by atoms with Crippen LogP contribution >= 0.6 is 0 Å². The number of nitrogens with one attached hydrogen (secondary N) is 1. The van der Waals surface area contributed by atoms with Gasteiger partial charge in [-0.05, 0) is 6.07 Å². The molecule has 0 atom stereocenters. The highest BCUT2D eigenvalue weighted by Crippen LogP contribution is 2.16. The average Bonchev–Trinajstić information content (AvgIpc) is 2.76. The van der Waals surface area contributed by atoms with Gasteiger partial charge in [0.05, 0.1) is 12.8 Å². The molecule has 0 aliphatic rings. The Morgan fingerprint density at radius 2 is 2.12 bits per heavy atom. The van der Waals surface area contributed by atoms with Gasteiger partial charge in [-0.2, -0.15) is 0 Å². The van der Waals surface area contributed by atoms with Crippen LogP contribution in [0.1, 0.15) is 11.3 Å². The van der Waals surface area contributed by atoms with Crippen LogP contribution in [-0.2, 0) is 20.1 Å². The highest BCUT2D eigenvalue weighted by atomic mass is 16.5. The van der Waals surface area contributed by atoms with E-state index in [1.165, 1.54) is 0 Å². The number of aromatic nitrogens is 3. The zero-order valence-corrected chi connectivity index (χ0v) is 10.1. The van der Waals surface area contributed by atoms with E-state index in [0.29, 0.717) is 6.54 Å². The summed E-state index contributed by atoms with van der Waals surface area (Å²) in [5.74, 6) is 0.902. The number of nitrogens with zero attached hydrogens (tertiary/aromatic N) is 3. The Morgan fingerprint density at radius 3 is 2.82 bits per heavy atom. The molecule has 1 heterocycles. The standard InChI is InChI=1S/C12H16N4O/c1-16-9-11(14-15-16)8-13-7-10-5-3-4-6-12(10)17-2/h3-6,9,13H,7-8H2,1-2H3. The lowest BCUT2D eigenvalue weighted by Crippen LogP contribution is -2.13. The number of hydrogen-bond donors (Lipinski definition) is 1. The molecule has 1 N–H and O–H groups in total. The van der Waals surface area contributed by atoms with Crippen molar-refractivity contribution in [2.45, 2.75) is 13.1 Å². The first kappa shape index (κ1) is 11.6. The van der Waals surface area contributed by atoms with Crippen molar-refractivity contribution in [3.63, 3.8) is 0 Å². The number of methoxy groups -OCH3 is 1. The van der Waals surface area contributed by atoms with Gasteiger partial charge in [-0.25, -0.2) is 0 Å². The van der Waals surface area contributed by atoms with Crippen LogP contribution in [-0.4, -0.2) is 22.1 Å². The summed E-state index contributed by atoms with van der Waals surface area (Å²) >= 11 is 0. The molecule has 2 rings (SSSR count). The third-order valence-corrected chi connectivity index (χ3v) is 2.46. The van der Waals surface area contributed by atoms with Crippen LogP contribution in [0.2, 0.25) is 0 Å². The molecule has 0 amide bonds. The number of rotatable bonds is 5. The van der Waals surface area contributed by atoms with E-state index in [4.69, 9.17) is 4.74 Å². The van der Waals surface area contributed by atoms with Crippen LogP contribution in [0, 0.1) is 0 Å². The predicted octanol–water partition coefficient (Wildman–Crippen LogP) is 1.11. The van der Waals surface area contributed by atoms with Crippen molar-refractivity contribution in [1.82, 2.24) is 20.3 Å². The van der Waals surface area contributed by atoms with E-state index < -0.39 is 0 Å². The van der Waals surface area contributed by atoms with Crippen molar-refractivity contribution < 1.29 is 4.74 Å². The SMILES string of the molecule is COc1ccccc1CNCc1cn(C)nn1. The number of hydrogen-bond acceptors (Lipinski definition) is 4. The third kappa shape index (κ3) is 3.04. The van der Waals surface area contributed by atoms with E-state index in [0.717, 1.165) is 23.6 Å². The van der Waals surface area contributed by atoms with Gasteiger partial charge in [0.1, 0.15) is 5.75 Å². The van der Waals surface area contributed by atoms with Crippen molar-refractivity contribution in [3.05, 3.63) is 41.7 Å². The fourth-order valence-corrected chi connectivity index (χ4v) is 1.65. The van der Waals surface area contributed by atoms with Gasteiger partial charge in [-0.3, -0.25) is 4.68 Å². The molecule has 0 fully saturated rings. The Balaban J connectivity index is 1.89. The minimum absolute atomic E-state index is 0.700. The van der Waals surface area contributed by atoms with Gasteiger partial charge in [0, 0.05) is 31.9 Å². The first-order chi connectivity index (χ1) is 8.29. The quantitative estimate of drug-likeness (QED) is 0.839. The summed E-state index contributed by atoms with van der Waals surface area (Å²) in [6.07, 6.45) is 1.90. The Morgan fingerprint density at radius 1 is 1.29 bits per heavy atom. The van der Waals surface area contributed by atoms with Gasteiger partial charge in [0.15, 0.2) is 0 Å². The number of ether oxygens (including phenoxy) is 1. The van der Waals surface area contributed by atoms with Crippen molar-refractivity contribution in [3.8, 4) is 5.75 Å². The first-order valence-corrected chi connectivity index (χ1v) is 5.47. The van der Waals surface area contributed by atoms with Gasteiger partial charge in [0.2, 0.25) is 0 Å². The monoisotopic (exact) mass is 232 g/mol. The van der Waals surface area contributed by atoms with Gasteiger partial charge in [0.25, 0.3) is 0 Å². The largest absolute Gasteiger partial charge is 0.496 e. The molecule has 0 aliphatic carbocycles. The molecular weight excluding hydrogens is 216 g/mol. The molecule has 17 heavy (non-hydrogen) atoms. The van der Waals surface area contributed by atoms with Crippen molar-refractivity contribution in [1.29, 1.82) is 0 Å². The lowest BCUT2D eigenvalue weighted by atomic mass is 10.2. The molecule has 5 heteroatoms. The van der Waals surface area contributed by atoms with Crippen molar-refractivity contribution in [2.75, 3.05) is 7.11 Å². The highest BCUT2D eigenvalue weighted by Gasteiger charge is 2.02. The Labute approximate surface area is 100 Å². The maximum Gasteiger partial charge on any atom is 0.123 e. The van der Waals surface area contributed by atoms with E-state index in [1.807, 2.05) is 37.5 Å². The fourth-order valence-electron chi connectivity index (χ4n) is 1.65. The van der Waals surface area contributed by atoms with Crippen LogP contribution in [0.25, 0.3) is 0 Å². The molecule has 0 saturated carbocycles. The molecule has 1 aromatic heterocycles. The lowest BCUT2D eigenvalue weighted by Gasteiger charge is -2.08. The van der Waals surface area contributed by atoms with Gasteiger partial charge in [-0.15, -0.1) is 5.10 Å². The third-order valence-electron chi connectivity index (χ3n) is 2.46. The van der Waals surface area contributed by atoms with Crippen LogP contribution in [0.3, 0.4) is 0 Å². The van der Waals surface area contributed by atoms with Crippen molar-refractivity contribution in [2.24, 2.45) is 7.05 Å². The van der Waals surface area contributed by atoms with Crippen LogP contribution in [0.4, 0.5) is 0 Å². The van der Waals surface area contributed by atoms with Gasteiger partial charge >= 0.3 is 0 Å². The second-order valence-corrected chi connectivity index (χ2v) is 3.80. The van der Waals surface area contributed by atoms with E-state index in [9.17, 15) is 0 Å². The molecule has 2 aromatic rings. The summed E-state index contributed by atoms with van der Waals surface area (Å²) < 4.78 is 6.97. The molecular formula is C12H16N4O. The summed E-state index contributed by atoms with van der Waals surface area (Å²) in [6.45, 7) is 1.45. The summed E-state index contributed by atoms with van der Waals surface area (Å²) in [6, 6.07) is 7.97. The van der Waals surface area contributed by atoms with E-state index in [2.05, 4.69) is 15.6 Å². The van der Waals surface area contributed by atoms with Gasteiger partial charge < -0.3 is 10.1 Å². The van der Waals surface area contributed by atoms with E-state index in [1.54, 1.807) is 11.8 Å². The zero-order valence-electron chi connectivity index (χ0n) is 10.1. The Bertz CT molecular complexity index is 481.